The van der Waals surface area contributed by atoms with E-state index in [0.717, 1.165) is 4.47 Å². The number of furan rings is 1. The molecule has 0 aliphatic rings. The second-order valence-corrected chi connectivity index (χ2v) is 3.55. The summed E-state index contributed by atoms with van der Waals surface area (Å²) in [6, 6.07) is 6.50. The Bertz CT molecular complexity index is 436. The summed E-state index contributed by atoms with van der Waals surface area (Å²) in [6.07, 6.45) is -2.55. The minimum absolute atomic E-state index is 0.284. The number of rotatable bonds is 1. The van der Waals surface area contributed by atoms with Gasteiger partial charge in [0.15, 0.2) is 5.76 Å². The van der Waals surface area contributed by atoms with Crippen molar-refractivity contribution in [2.24, 2.45) is 0 Å². The van der Waals surface area contributed by atoms with Gasteiger partial charge in [-0.1, -0.05) is 15.9 Å². The van der Waals surface area contributed by atoms with Crippen LogP contribution in [-0.2, 0) is 0 Å². The SMILES string of the molecule is FC(F)c1cc2cc(Br)ccc2o1. The third kappa shape index (κ3) is 1.58. The van der Waals surface area contributed by atoms with E-state index in [1.165, 1.54) is 6.07 Å². The number of alkyl halides is 2. The summed E-state index contributed by atoms with van der Waals surface area (Å²) in [7, 11) is 0. The fraction of sp³-hybridized carbons (Fsp3) is 0.111. The van der Waals surface area contributed by atoms with Crippen LogP contribution in [0.15, 0.2) is 33.2 Å². The lowest BCUT2D eigenvalue weighted by Gasteiger charge is -1.89. The highest BCUT2D eigenvalue weighted by Crippen LogP contribution is 2.28. The number of halogens is 3. The molecule has 0 fully saturated rings. The summed E-state index contributed by atoms with van der Waals surface area (Å²) in [4.78, 5) is 0. The van der Waals surface area contributed by atoms with Crippen molar-refractivity contribution in [2.45, 2.75) is 6.43 Å². The Morgan fingerprint density at radius 2 is 2.00 bits per heavy atom. The van der Waals surface area contributed by atoms with Crippen molar-refractivity contribution in [3.05, 3.63) is 34.5 Å². The Balaban J connectivity index is 2.62. The number of hydrogen-bond donors (Lipinski definition) is 0. The summed E-state index contributed by atoms with van der Waals surface area (Å²) in [5.41, 5.74) is 0.485. The molecule has 0 saturated carbocycles. The van der Waals surface area contributed by atoms with Crippen molar-refractivity contribution in [3.63, 3.8) is 0 Å². The van der Waals surface area contributed by atoms with Crippen LogP contribution < -0.4 is 0 Å². The maximum absolute atomic E-state index is 12.2. The van der Waals surface area contributed by atoms with E-state index in [-0.39, 0.29) is 5.76 Å². The molecule has 4 heteroatoms. The molecule has 1 aromatic heterocycles. The van der Waals surface area contributed by atoms with Crippen LogP contribution in [-0.4, -0.2) is 0 Å². The Hall–Kier alpha value is -0.900. The molecule has 1 aromatic carbocycles. The van der Waals surface area contributed by atoms with Crippen LogP contribution in [0.3, 0.4) is 0 Å². The number of benzene rings is 1. The zero-order valence-electron chi connectivity index (χ0n) is 6.43. The van der Waals surface area contributed by atoms with Crippen molar-refractivity contribution in [2.75, 3.05) is 0 Å². The zero-order valence-corrected chi connectivity index (χ0v) is 8.01. The van der Waals surface area contributed by atoms with Crippen molar-refractivity contribution in [3.8, 4) is 0 Å². The van der Waals surface area contributed by atoms with Gasteiger partial charge in [0.1, 0.15) is 5.58 Å². The molecule has 68 valence electrons. The highest BCUT2D eigenvalue weighted by molar-refractivity contribution is 9.10. The van der Waals surface area contributed by atoms with Crippen LogP contribution in [0.4, 0.5) is 8.78 Å². The molecule has 0 N–H and O–H groups in total. The third-order valence-corrected chi connectivity index (χ3v) is 2.21. The van der Waals surface area contributed by atoms with Gasteiger partial charge in [-0.2, -0.15) is 0 Å². The van der Waals surface area contributed by atoms with Gasteiger partial charge in [-0.05, 0) is 24.3 Å². The highest BCUT2D eigenvalue weighted by Gasteiger charge is 2.12. The lowest BCUT2D eigenvalue weighted by molar-refractivity contribution is 0.124. The maximum atomic E-state index is 12.2. The number of fused-ring (bicyclic) bond motifs is 1. The first kappa shape index (κ1) is 8.69. The minimum atomic E-state index is -2.55. The predicted molar refractivity (Wildman–Crippen MR) is 48.9 cm³/mol. The summed E-state index contributed by atoms with van der Waals surface area (Å²) in [5.74, 6) is -0.284. The van der Waals surface area contributed by atoms with Crippen molar-refractivity contribution >= 4 is 26.9 Å². The Labute approximate surface area is 81.5 Å². The van der Waals surface area contributed by atoms with E-state index >= 15 is 0 Å². The first-order valence-corrected chi connectivity index (χ1v) is 4.43. The van der Waals surface area contributed by atoms with Crippen LogP contribution in [0.25, 0.3) is 11.0 Å². The smallest absolute Gasteiger partial charge is 0.295 e. The quantitative estimate of drug-likeness (QED) is 0.738. The Morgan fingerprint density at radius 1 is 1.23 bits per heavy atom. The van der Waals surface area contributed by atoms with Gasteiger partial charge in [-0.15, -0.1) is 0 Å². The molecule has 0 unspecified atom stereocenters. The molecular formula is C9H5BrF2O. The molecule has 0 saturated heterocycles. The first-order chi connectivity index (χ1) is 6.16. The van der Waals surface area contributed by atoms with Gasteiger partial charge in [-0.3, -0.25) is 0 Å². The molecular weight excluding hydrogens is 242 g/mol. The summed E-state index contributed by atoms with van der Waals surface area (Å²) in [5, 5.41) is 0.685. The van der Waals surface area contributed by atoms with Crippen molar-refractivity contribution < 1.29 is 13.2 Å². The highest BCUT2D eigenvalue weighted by atomic mass is 79.9. The van der Waals surface area contributed by atoms with E-state index in [2.05, 4.69) is 15.9 Å². The topological polar surface area (TPSA) is 13.1 Å². The molecule has 0 amide bonds. The van der Waals surface area contributed by atoms with Crippen LogP contribution in [0.2, 0.25) is 0 Å². The number of hydrogen-bond acceptors (Lipinski definition) is 1. The fourth-order valence-electron chi connectivity index (χ4n) is 1.14. The largest absolute Gasteiger partial charge is 0.455 e. The van der Waals surface area contributed by atoms with Crippen molar-refractivity contribution in [1.29, 1.82) is 0 Å². The normalized spacial score (nSPS) is 11.4. The predicted octanol–water partition coefficient (Wildman–Crippen LogP) is 4.13. The second kappa shape index (κ2) is 3.10. The van der Waals surface area contributed by atoms with Gasteiger partial charge in [0.05, 0.1) is 0 Å². The van der Waals surface area contributed by atoms with Crippen LogP contribution >= 0.6 is 15.9 Å². The van der Waals surface area contributed by atoms with Gasteiger partial charge in [0.2, 0.25) is 0 Å². The van der Waals surface area contributed by atoms with E-state index in [9.17, 15) is 8.78 Å². The van der Waals surface area contributed by atoms with Crippen LogP contribution in [0.5, 0.6) is 0 Å². The van der Waals surface area contributed by atoms with E-state index in [4.69, 9.17) is 4.42 Å². The monoisotopic (exact) mass is 246 g/mol. The molecule has 0 bridgehead atoms. The van der Waals surface area contributed by atoms with Gasteiger partial charge in [0.25, 0.3) is 6.43 Å². The van der Waals surface area contributed by atoms with E-state index < -0.39 is 6.43 Å². The minimum Gasteiger partial charge on any atom is -0.455 e. The summed E-state index contributed by atoms with van der Waals surface area (Å²) < 4.78 is 30.2. The van der Waals surface area contributed by atoms with E-state index in [1.807, 2.05) is 0 Å². The molecule has 13 heavy (non-hydrogen) atoms. The average molecular weight is 247 g/mol. The summed E-state index contributed by atoms with van der Waals surface area (Å²) in [6.45, 7) is 0. The second-order valence-electron chi connectivity index (χ2n) is 2.63. The Kier molecular flexibility index (Phi) is 2.07. The fourth-order valence-corrected chi connectivity index (χ4v) is 1.52. The van der Waals surface area contributed by atoms with E-state index in [1.54, 1.807) is 18.2 Å². The van der Waals surface area contributed by atoms with Gasteiger partial charge in [0, 0.05) is 9.86 Å². The lowest BCUT2D eigenvalue weighted by atomic mass is 10.2. The molecule has 0 aliphatic heterocycles. The maximum Gasteiger partial charge on any atom is 0.295 e. The summed E-state index contributed by atoms with van der Waals surface area (Å²) >= 11 is 3.25. The third-order valence-electron chi connectivity index (χ3n) is 1.71. The average Bonchev–Trinajstić information content (AvgIpc) is 2.46. The Morgan fingerprint density at radius 3 is 2.69 bits per heavy atom. The molecule has 1 nitrogen and oxygen atoms in total. The molecule has 2 rings (SSSR count). The zero-order chi connectivity index (χ0) is 9.42. The van der Waals surface area contributed by atoms with E-state index in [0.29, 0.717) is 11.0 Å². The molecule has 1 heterocycles. The van der Waals surface area contributed by atoms with Gasteiger partial charge >= 0.3 is 0 Å². The lowest BCUT2D eigenvalue weighted by Crippen LogP contribution is -1.74. The van der Waals surface area contributed by atoms with Crippen LogP contribution in [0.1, 0.15) is 12.2 Å². The molecule has 0 radical (unpaired) electrons. The standard InChI is InChI=1S/C9H5BrF2O/c10-6-1-2-7-5(3-6)4-8(13-7)9(11)12/h1-4,9H. The molecule has 0 spiro atoms. The van der Waals surface area contributed by atoms with Gasteiger partial charge < -0.3 is 4.42 Å². The molecule has 0 aliphatic carbocycles. The first-order valence-electron chi connectivity index (χ1n) is 3.64. The van der Waals surface area contributed by atoms with Gasteiger partial charge in [-0.25, -0.2) is 8.78 Å². The van der Waals surface area contributed by atoms with Crippen molar-refractivity contribution in [1.82, 2.24) is 0 Å². The van der Waals surface area contributed by atoms with Crippen LogP contribution in [0, 0.1) is 0 Å². The molecule has 2 aromatic rings. The molecule has 0 atom stereocenters.